The molecule has 0 atom stereocenters. The summed E-state index contributed by atoms with van der Waals surface area (Å²) in [5.41, 5.74) is 10.8. The molecule has 12 heteroatoms. The molecular weight excluding hydrogens is 541 g/mol. The van der Waals surface area contributed by atoms with Crippen molar-refractivity contribution in [2.45, 2.75) is 13.5 Å². The largest absolute Gasteiger partial charge is 0.492 e. The van der Waals surface area contributed by atoms with Crippen LogP contribution in [0.1, 0.15) is 12.5 Å². The van der Waals surface area contributed by atoms with Crippen molar-refractivity contribution in [1.29, 1.82) is 0 Å². The van der Waals surface area contributed by atoms with Crippen molar-refractivity contribution in [3.05, 3.63) is 45.5 Å². The number of anilines is 1. The van der Waals surface area contributed by atoms with Crippen molar-refractivity contribution in [3.8, 4) is 23.0 Å². The Balaban J connectivity index is 1.55. The first-order valence-corrected chi connectivity index (χ1v) is 11.0. The third-order valence-electron chi connectivity index (χ3n) is 4.62. The number of hydrogen-bond donors (Lipinski definition) is 2. The summed E-state index contributed by atoms with van der Waals surface area (Å²) in [6, 6.07) is 11.1. The Kier molecular flexibility index (Phi) is 6.72. The van der Waals surface area contributed by atoms with Gasteiger partial charge >= 0.3 is 0 Å². The highest BCUT2D eigenvalue weighted by atomic mass is 127. The number of methoxy groups -OCH3 is 1. The molecule has 0 unspecified atom stereocenters. The van der Waals surface area contributed by atoms with Crippen LogP contribution in [-0.2, 0) is 11.3 Å². The van der Waals surface area contributed by atoms with E-state index in [1.165, 1.54) is 6.21 Å². The maximum atomic E-state index is 12.7. The average molecular weight is 561 g/mol. The Morgan fingerprint density at radius 3 is 2.88 bits per heavy atom. The lowest BCUT2D eigenvalue weighted by Gasteiger charge is -2.11. The summed E-state index contributed by atoms with van der Waals surface area (Å²) in [4.78, 5) is 17.2. The molecule has 0 saturated heterocycles. The number of nitrogen functional groups attached to an aromatic ring is 1. The zero-order chi connectivity index (χ0) is 23.4. The van der Waals surface area contributed by atoms with Crippen molar-refractivity contribution in [3.63, 3.8) is 0 Å². The van der Waals surface area contributed by atoms with Gasteiger partial charge in [0.2, 0.25) is 0 Å². The first-order chi connectivity index (χ1) is 16.0. The molecule has 0 aliphatic carbocycles. The summed E-state index contributed by atoms with van der Waals surface area (Å²) in [5, 5.41) is 11.5. The summed E-state index contributed by atoms with van der Waals surface area (Å²) in [5.74, 6) is 1.36. The van der Waals surface area contributed by atoms with E-state index in [0.717, 1.165) is 14.7 Å². The zero-order valence-corrected chi connectivity index (χ0v) is 19.9. The summed E-state index contributed by atoms with van der Waals surface area (Å²) in [6.45, 7) is 2.32. The second-order valence-corrected chi connectivity index (χ2v) is 7.93. The number of fused-ring (bicyclic) bond motifs is 1. The van der Waals surface area contributed by atoms with Gasteiger partial charge < -0.3 is 19.8 Å². The molecule has 0 radical (unpaired) electrons. The molecule has 0 saturated carbocycles. The highest BCUT2D eigenvalue weighted by Gasteiger charge is 2.20. The molecule has 0 bridgehead atoms. The number of rotatable bonds is 8. The van der Waals surface area contributed by atoms with Crippen molar-refractivity contribution in [2.75, 3.05) is 19.5 Å². The zero-order valence-electron chi connectivity index (χ0n) is 17.8. The minimum atomic E-state index is -0.362. The number of benzene rings is 2. The van der Waals surface area contributed by atoms with Crippen LogP contribution < -0.4 is 20.6 Å². The van der Waals surface area contributed by atoms with E-state index in [1.54, 1.807) is 17.7 Å². The van der Waals surface area contributed by atoms with E-state index in [4.69, 9.17) is 19.8 Å². The van der Waals surface area contributed by atoms with Crippen molar-refractivity contribution in [1.82, 2.24) is 25.3 Å². The number of amides is 1. The number of nitrogens with two attached hydrogens (primary N) is 1. The van der Waals surface area contributed by atoms with Crippen LogP contribution in [-0.4, -0.2) is 45.7 Å². The lowest BCUT2D eigenvalue weighted by molar-refractivity contribution is -0.121. The van der Waals surface area contributed by atoms with Crippen LogP contribution in [0.4, 0.5) is 5.82 Å². The number of nitrogens with zero attached hydrogens (tertiary/aromatic N) is 5. The molecule has 11 nitrogen and oxygen atoms in total. The standard InChI is InChI=1S/C21H20IN7O4/c1-3-32-16-9-12(8-13(22)19(16)31-2)10-24-26-17(30)11-29-15-7-5-4-6-14(15)25-21(29)18-20(23)28-33-27-18/h4-10H,3,11H2,1-2H3,(H2,23,28)(H,26,30). The molecule has 170 valence electrons. The minimum Gasteiger partial charge on any atom is -0.492 e. The van der Waals surface area contributed by atoms with E-state index in [9.17, 15) is 4.79 Å². The van der Waals surface area contributed by atoms with E-state index in [2.05, 4.69) is 48.4 Å². The van der Waals surface area contributed by atoms with Gasteiger partial charge in [-0.15, -0.1) is 0 Å². The van der Waals surface area contributed by atoms with E-state index in [-0.39, 0.29) is 24.0 Å². The van der Waals surface area contributed by atoms with Crippen LogP contribution in [0.25, 0.3) is 22.6 Å². The van der Waals surface area contributed by atoms with Gasteiger partial charge in [-0.2, -0.15) is 5.10 Å². The normalized spacial score (nSPS) is 11.2. The molecule has 0 spiro atoms. The number of nitrogens with one attached hydrogen (secondary N) is 1. The molecule has 4 aromatic rings. The Morgan fingerprint density at radius 1 is 1.33 bits per heavy atom. The van der Waals surface area contributed by atoms with Gasteiger partial charge in [-0.1, -0.05) is 12.1 Å². The Hall–Kier alpha value is -3.68. The van der Waals surface area contributed by atoms with Gasteiger partial charge in [0.25, 0.3) is 5.91 Å². The summed E-state index contributed by atoms with van der Waals surface area (Å²) in [7, 11) is 1.59. The molecule has 4 rings (SSSR count). The number of aromatic nitrogens is 4. The van der Waals surface area contributed by atoms with Gasteiger partial charge in [-0.25, -0.2) is 15.0 Å². The Morgan fingerprint density at radius 2 is 2.15 bits per heavy atom. The molecule has 0 aliphatic heterocycles. The van der Waals surface area contributed by atoms with Crippen LogP contribution in [0.5, 0.6) is 11.5 Å². The molecular formula is C21H20IN7O4. The first-order valence-electron chi connectivity index (χ1n) is 9.87. The number of halogens is 1. The lowest BCUT2D eigenvalue weighted by atomic mass is 10.2. The monoisotopic (exact) mass is 561 g/mol. The maximum absolute atomic E-state index is 12.7. The fourth-order valence-corrected chi connectivity index (χ4v) is 4.09. The number of ether oxygens (including phenoxy) is 2. The quantitative estimate of drug-likeness (QED) is 0.190. The molecule has 1 amide bonds. The third-order valence-corrected chi connectivity index (χ3v) is 5.42. The number of carbonyl (C=O) groups is 1. The molecule has 0 fully saturated rings. The highest BCUT2D eigenvalue weighted by molar-refractivity contribution is 14.1. The van der Waals surface area contributed by atoms with E-state index in [1.807, 2.05) is 37.3 Å². The lowest BCUT2D eigenvalue weighted by Crippen LogP contribution is -2.23. The van der Waals surface area contributed by atoms with Crippen LogP contribution in [0, 0.1) is 3.57 Å². The molecule has 3 N–H and O–H groups in total. The Bertz CT molecular complexity index is 1330. The summed E-state index contributed by atoms with van der Waals surface area (Å²) >= 11 is 2.16. The molecule has 2 aromatic carbocycles. The van der Waals surface area contributed by atoms with E-state index < -0.39 is 0 Å². The number of carbonyl (C=O) groups excluding carboxylic acids is 1. The van der Waals surface area contributed by atoms with Crippen molar-refractivity contribution < 1.29 is 18.9 Å². The Labute approximate surface area is 202 Å². The van der Waals surface area contributed by atoms with Crippen LogP contribution in [0.2, 0.25) is 0 Å². The van der Waals surface area contributed by atoms with E-state index >= 15 is 0 Å². The molecule has 33 heavy (non-hydrogen) atoms. The van der Waals surface area contributed by atoms with Crippen LogP contribution >= 0.6 is 22.6 Å². The minimum absolute atomic E-state index is 0.0656. The molecule has 2 aromatic heterocycles. The number of para-hydroxylation sites is 2. The average Bonchev–Trinajstić information content (AvgIpc) is 3.37. The fourth-order valence-electron chi connectivity index (χ4n) is 3.25. The van der Waals surface area contributed by atoms with Crippen molar-refractivity contribution in [2.24, 2.45) is 5.10 Å². The smallest absolute Gasteiger partial charge is 0.260 e. The summed E-state index contributed by atoms with van der Waals surface area (Å²) in [6.07, 6.45) is 1.54. The molecule has 0 aliphatic rings. The number of hydrazone groups is 1. The first kappa shape index (κ1) is 22.5. The van der Waals surface area contributed by atoms with Gasteiger partial charge in [0, 0.05) is 0 Å². The topological polar surface area (TPSA) is 143 Å². The van der Waals surface area contributed by atoms with Crippen LogP contribution in [0.3, 0.4) is 0 Å². The maximum Gasteiger partial charge on any atom is 0.260 e. The van der Waals surface area contributed by atoms with E-state index in [0.29, 0.717) is 29.4 Å². The number of imidazole rings is 1. The second kappa shape index (κ2) is 9.85. The predicted molar refractivity (Wildman–Crippen MR) is 130 cm³/mol. The fraction of sp³-hybridized carbons (Fsp3) is 0.190. The third kappa shape index (κ3) is 4.74. The van der Waals surface area contributed by atoms with Gasteiger partial charge in [-0.3, -0.25) is 4.79 Å². The van der Waals surface area contributed by atoms with Gasteiger partial charge in [0.1, 0.15) is 6.54 Å². The van der Waals surface area contributed by atoms with Gasteiger partial charge in [0.15, 0.2) is 28.8 Å². The SMILES string of the molecule is CCOc1cc(C=NNC(=O)Cn2c(-c3nonc3N)nc3ccccc32)cc(I)c1OC. The molecule has 2 heterocycles. The predicted octanol–water partition coefficient (Wildman–Crippen LogP) is 2.83. The van der Waals surface area contributed by atoms with Crippen LogP contribution in [0.15, 0.2) is 46.1 Å². The second-order valence-electron chi connectivity index (χ2n) is 6.77. The highest BCUT2D eigenvalue weighted by Crippen LogP contribution is 2.33. The van der Waals surface area contributed by atoms with Gasteiger partial charge in [0.05, 0.1) is 34.5 Å². The van der Waals surface area contributed by atoms with Crippen molar-refractivity contribution >= 4 is 51.6 Å². The van der Waals surface area contributed by atoms with Gasteiger partial charge in [-0.05, 0) is 69.7 Å². The number of hydrogen-bond acceptors (Lipinski definition) is 9. The summed E-state index contributed by atoms with van der Waals surface area (Å²) < 4.78 is 18.3.